The lowest BCUT2D eigenvalue weighted by molar-refractivity contribution is 0.111. The second-order valence-corrected chi connectivity index (χ2v) is 7.93. The molecule has 1 N–H and O–H groups in total. The van der Waals surface area contributed by atoms with Crippen LogP contribution < -0.4 is 9.47 Å². The first-order valence-electron chi connectivity index (χ1n) is 10.8. The van der Waals surface area contributed by atoms with E-state index < -0.39 is 0 Å². The molecule has 0 bridgehead atoms. The van der Waals surface area contributed by atoms with Gasteiger partial charge in [-0.3, -0.25) is 9.69 Å². The van der Waals surface area contributed by atoms with Crippen LogP contribution in [0.5, 0.6) is 17.2 Å². The number of aldehydes is 1. The Balaban J connectivity index is 1.59. The molecular formula is C26H28N2O4. The molecule has 0 aliphatic carbocycles. The second-order valence-electron chi connectivity index (χ2n) is 7.93. The van der Waals surface area contributed by atoms with Gasteiger partial charge >= 0.3 is 0 Å². The normalized spacial score (nSPS) is 15.8. The van der Waals surface area contributed by atoms with Crippen molar-refractivity contribution in [3.05, 3.63) is 82.7 Å². The molecule has 1 unspecified atom stereocenters. The maximum atomic E-state index is 11.1. The summed E-state index contributed by atoms with van der Waals surface area (Å²) in [5.41, 5.74) is 4.67. The molecule has 4 rings (SSSR count). The van der Waals surface area contributed by atoms with Crippen LogP contribution in [0, 0.1) is 0 Å². The van der Waals surface area contributed by atoms with E-state index in [4.69, 9.17) is 9.47 Å². The van der Waals surface area contributed by atoms with Gasteiger partial charge in [0.05, 0.1) is 20.3 Å². The number of aromatic nitrogens is 1. The first-order valence-corrected chi connectivity index (χ1v) is 10.8. The summed E-state index contributed by atoms with van der Waals surface area (Å²) in [6, 6.07) is 18.2. The van der Waals surface area contributed by atoms with Gasteiger partial charge in [0.25, 0.3) is 0 Å². The van der Waals surface area contributed by atoms with E-state index in [9.17, 15) is 9.90 Å². The molecule has 166 valence electrons. The Hall–Kier alpha value is -3.38. The Kier molecular flexibility index (Phi) is 6.71. The van der Waals surface area contributed by atoms with Gasteiger partial charge in [0.15, 0.2) is 17.8 Å². The van der Waals surface area contributed by atoms with Crippen molar-refractivity contribution >= 4 is 6.29 Å². The predicted octanol–water partition coefficient (Wildman–Crippen LogP) is 4.20. The average Bonchev–Trinajstić information content (AvgIpc) is 2.84. The highest BCUT2D eigenvalue weighted by Crippen LogP contribution is 2.41. The third kappa shape index (κ3) is 4.46. The summed E-state index contributed by atoms with van der Waals surface area (Å²) in [5.74, 6) is 1.42. The summed E-state index contributed by atoms with van der Waals surface area (Å²) in [5, 5.41) is 9.68. The molecule has 1 aromatic heterocycles. The summed E-state index contributed by atoms with van der Waals surface area (Å²) in [4.78, 5) is 17.8. The molecule has 1 atom stereocenters. The van der Waals surface area contributed by atoms with Gasteiger partial charge in [0.1, 0.15) is 11.4 Å². The zero-order chi connectivity index (χ0) is 22.5. The van der Waals surface area contributed by atoms with Crippen LogP contribution in [-0.2, 0) is 12.8 Å². The number of rotatable bonds is 8. The molecule has 1 aliphatic rings. The first-order chi connectivity index (χ1) is 15.6. The molecule has 0 saturated carbocycles. The summed E-state index contributed by atoms with van der Waals surface area (Å²) < 4.78 is 11.1. The molecular weight excluding hydrogens is 404 g/mol. The van der Waals surface area contributed by atoms with Crippen LogP contribution in [0.2, 0.25) is 0 Å². The number of fused-ring (bicyclic) bond motifs is 1. The van der Waals surface area contributed by atoms with Gasteiger partial charge in [0.2, 0.25) is 0 Å². The van der Waals surface area contributed by atoms with Crippen molar-refractivity contribution in [3.8, 4) is 17.2 Å². The average molecular weight is 433 g/mol. The summed E-state index contributed by atoms with van der Waals surface area (Å²) in [6.07, 6.45) is 3.15. The minimum Gasteiger partial charge on any atom is -0.506 e. The Morgan fingerprint density at radius 1 is 1.09 bits per heavy atom. The fraction of sp³-hybridized carbons (Fsp3) is 0.308. The van der Waals surface area contributed by atoms with Crippen molar-refractivity contribution in [1.82, 2.24) is 9.88 Å². The molecule has 0 radical (unpaired) electrons. The number of ether oxygens (including phenoxy) is 2. The van der Waals surface area contributed by atoms with Crippen molar-refractivity contribution < 1.29 is 19.4 Å². The van der Waals surface area contributed by atoms with Crippen LogP contribution in [0.3, 0.4) is 0 Å². The minimum absolute atomic E-state index is 0.0788. The molecule has 0 spiro atoms. The Bertz CT molecular complexity index is 1080. The number of carbonyl (C=O) groups excluding carboxylic acids is 1. The van der Waals surface area contributed by atoms with Crippen molar-refractivity contribution in [2.45, 2.75) is 25.3 Å². The standard InChI is InChI=1S/C26H28N2O4/c1-31-24-15-19-12-14-28(13-6-9-20-10-11-23(30)22(17-29)27-20)26(18-7-4-3-5-8-18)21(19)16-25(24)32-2/h3-5,7-8,10-11,15-17,26,30H,6,9,12-14H2,1-2H3. The number of nitrogens with zero attached hydrogens (tertiary/aromatic N) is 2. The monoisotopic (exact) mass is 432 g/mol. The smallest absolute Gasteiger partial charge is 0.172 e. The number of methoxy groups -OCH3 is 2. The maximum absolute atomic E-state index is 11.1. The summed E-state index contributed by atoms with van der Waals surface area (Å²) in [7, 11) is 3.34. The Labute approximate surface area is 188 Å². The second kappa shape index (κ2) is 9.83. The van der Waals surface area contributed by atoms with Gasteiger partial charge in [-0.25, -0.2) is 4.98 Å². The van der Waals surface area contributed by atoms with E-state index in [0.717, 1.165) is 49.5 Å². The molecule has 0 saturated heterocycles. The molecule has 2 aromatic carbocycles. The van der Waals surface area contributed by atoms with E-state index in [2.05, 4.69) is 46.3 Å². The van der Waals surface area contributed by atoms with Gasteiger partial charge in [-0.05, 0) is 66.8 Å². The zero-order valence-corrected chi connectivity index (χ0v) is 18.5. The number of hydrogen-bond acceptors (Lipinski definition) is 6. The summed E-state index contributed by atoms with van der Waals surface area (Å²) in [6.45, 7) is 1.82. The van der Waals surface area contributed by atoms with E-state index in [0.29, 0.717) is 6.29 Å². The molecule has 0 fully saturated rings. The third-order valence-corrected chi connectivity index (χ3v) is 6.04. The highest BCUT2D eigenvalue weighted by atomic mass is 16.5. The molecule has 3 aromatic rings. The largest absolute Gasteiger partial charge is 0.506 e. The van der Waals surface area contributed by atoms with Crippen LogP contribution >= 0.6 is 0 Å². The molecule has 6 nitrogen and oxygen atoms in total. The van der Waals surface area contributed by atoms with Crippen LogP contribution in [0.25, 0.3) is 0 Å². The quantitative estimate of drug-likeness (QED) is 0.538. The number of hydrogen-bond donors (Lipinski definition) is 1. The third-order valence-electron chi connectivity index (χ3n) is 6.04. The van der Waals surface area contributed by atoms with E-state index in [1.165, 1.54) is 22.8 Å². The van der Waals surface area contributed by atoms with Crippen LogP contribution in [-0.4, -0.2) is 48.6 Å². The molecule has 32 heavy (non-hydrogen) atoms. The lowest BCUT2D eigenvalue weighted by atomic mass is 9.87. The van der Waals surface area contributed by atoms with Gasteiger partial charge in [-0.1, -0.05) is 30.3 Å². The Morgan fingerprint density at radius 3 is 2.56 bits per heavy atom. The van der Waals surface area contributed by atoms with E-state index in [1.54, 1.807) is 20.3 Å². The molecule has 1 aliphatic heterocycles. The lowest BCUT2D eigenvalue weighted by Gasteiger charge is -2.38. The molecule has 2 heterocycles. The number of carbonyl (C=O) groups is 1. The van der Waals surface area contributed by atoms with Crippen molar-refractivity contribution in [2.24, 2.45) is 0 Å². The number of pyridine rings is 1. The van der Waals surface area contributed by atoms with Crippen molar-refractivity contribution in [3.63, 3.8) is 0 Å². The fourth-order valence-electron chi connectivity index (χ4n) is 4.46. The van der Waals surface area contributed by atoms with Gasteiger partial charge in [-0.2, -0.15) is 0 Å². The Morgan fingerprint density at radius 2 is 1.84 bits per heavy atom. The SMILES string of the molecule is COc1cc2c(cc1OC)C(c1ccccc1)N(CCCc1ccc(O)c(C=O)n1)CC2. The van der Waals surface area contributed by atoms with Crippen LogP contribution in [0.15, 0.2) is 54.6 Å². The van der Waals surface area contributed by atoms with Crippen molar-refractivity contribution in [2.75, 3.05) is 27.3 Å². The lowest BCUT2D eigenvalue weighted by Crippen LogP contribution is -2.37. The highest BCUT2D eigenvalue weighted by molar-refractivity contribution is 5.75. The molecule has 0 amide bonds. The zero-order valence-electron chi connectivity index (χ0n) is 18.5. The van der Waals surface area contributed by atoms with Gasteiger partial charge < -0.3 is 14.6 Å². The maximum Gasteiger partial charge on any atom is 0.172 e. The number of aromatic hydroxyl groups is 1. The van der Waals surface area contributed by atoms with Gasteiger partial charge in [0, 0.05) is 12.2 Å². The number of benzene rings is 2. The highest BCUT2D eigenvalue weighted by Gasteiger charge is 2.30. The number of aryl methyl sites for hydroxylation is 1. The predicted molar refractivity (Wildman–Crippen MR) is 123 cm³/mol. The fourth-order valence-corrected chi connectivity index (χ4v) is 4.46. The van der Waals surface area contributed by atoms with E-state index in [1.807, 2.05) is 6.07 Å². The van der Waals surface area contributed by atoms with Crippen molar-refractivity contribution in [1.29, 1.82) is 0 Å². The molecule has 6 heteroatoms. The van der Waals surface area contributed by atoms with Crippen LogP contribution in [0.1, 0.15) is 45.3 Å². The van der Waals surface area contributed by atoms with Crippen LogP contribution in [0.4, 0.5) is 0 Å². The first kappa shape index (κ1) is 21.8. The van der Waals surface area contributed by atoms with E-state index >= 15 is 0 Å². The van der Waals surface area contributed by atoms with Gasteiger partial charge in [-0.15, -0.1) is 0 Å². The van der Waals surface area contributed by atoms with E-state index in [-0.39, 0.29) is 17.5 Å². The summed E-state index contributed by atoms with van der Waals surface area (Å²) >= 11 is 0. The minimum atomic E-state index is -0.0788. The topological polar surface area (TPSA) is 71.9 Å².